The van der Waals surface area contributed by atoms with Crippen LogP contribution in [0.15, 0.2) is 53.3 Å². The molecular weight excluding hydrogens is 372 g/mol. The minimum absolute atomic E-state index is 0.0723. The van der Waals surface area contributed by atoms with E-state index in [4.69, 9.17) is 4.74 Å². The van der Waals surface area contributed by atoms with Crippen molar-refractivity contribution in [1.82, 2.24) is 9.55 Å². The molecule has 5 rings (SSSR count). The Morgan fingerprint density at radius 3 is 2.57 bits per heavy atom. The van der Waals surface area contributed by atoms with E-state index in [1.807, 2.05) is 18.2 Å². The van der Waals surface area contributed by atoms with Gasteiger partial charge in [0.15, 0.2) is 0 Å². The molecule has 1 unspecified atom stereocenters. The molecule has 1 aromatic heterocycles. The second kappa shape index (κ2) is 8.35. The molecule has 0 saturated heterocycles. The molecule has 30 heavy (non-hydrogen) atoms. The molecule has 1 fully saturated rings. The van der Waals surface area contributed by atoms with Crippen LogP contribution in [-0.4, -0.2) is 15.7 Å². The van der Waals surface area contributed by atoms with Crippen molar-refractivity contribution in [2.45, 2.75) is 70.6 Å². The highest BCUT2D eigenvalue weighted by atomic mass is 16.5. The smallest absolute Gasteiger partial charge is 0.280 e. The van der Waals surface area contributed by atoms with Gasteiger partial charge in [-0.25, -0.2) is 0 Å². The van der Waals surface area contributed by atoms with Gasteiger partial charge < -0.3 is 9.30 Å². The van der Waals surface area contributed by atoms with E-state index < -0.39 is 0 Å². The summed E-state index contributed by atoms with van der Waals surface area (Å²) in [6, 6.07) is 16.5. The summed E-state index contributed by atoms with van der Waals surface area (Å²) in [5, 5.41) is 0.744. The second-order valence-corrected chi connectivity index (χ2v) is 9.10. The van der Waals surface area contributed by atoms with Gasteiger partial charge in [-0.2, -0.15) is 4.98 Å². The summed E-state index contributed by atoms with van der Waals surface area (Å²) in [5.41, 5.74) is 3.52. The highest BCUT2D eigenvalue weighted by molar-refractivity contribution is 5.78. The summed E-state index contributed by atoms with van der Waals surface area (Å²) < 4.78 is 8.47. The number of nitrogens with zero attached hydrogens (tertiary/aromatic N) is 2. The SMILES string of the molecule is Cc1ccc(COC2CCC(CC3CCn4c3nc(=O)c3ccccc34)CC2)cc1. The van der Waals surface area contributed by atoms with Gasteiger partial charge in [-0.3, -0.25) is 4.79 Å². The third kappa shape index (κ3) is 3.93. The van der Waals surface area contributed by atoms with Gasteiger partial charge in [-0.15, -0.1) is 0 Å². The number of rotatable bonds is 5. The van der Waals surface area contributed by atoms with E-state index in [-0.39, 0.29) is 5.56 Å². The first kappa shape index (κ1) is 19.5. The van der Waals surface area contributed by atoms with E-state index in [9.17, 15) is 4.79 Å². The molecule has 2 heterocycles. The molecule has 1 aliphatic heterocycles. The monoisotopic (exact) mass is 402 g/mol. The highest BCUT2D eigenvalue weighted by Gasteiger charge is 2.30. The van der Waals surface area contributed by atoms with E-state index in [1.54, 1.807) is 0 Å². The first-order valence-electron chi connectivity index (χ1n) is 11.3. The third-order valence-corrected chi connectivity index (χ3v) is 7.00. The van der Waals surface area contributed by atoms with Crippen LogP contribution in [0.25, 0.3) is 10.9 Å². The first-order chi connectivity index (χ1) is 14.7. The summed E-state index contributed by atoms with van der Waals surface area (Å²) in [7, 11) is 0. The Labute approximate surface area is 177 Å². The fraction of sp³-hybridized carbons (Fsp3) is 0.462. The van der Waals surface area contributed by atoms with Gasteiger partial charge in [0.05, 0.1) is 23.6 Å². The maximum Gasteiger partial charge on any atom is 0.280 e. The number of para-hydroxylation sites is 1. The number of hydrogen-bond acceptors (Lipinski definition) is 3. The molecule has 0 spiro atoms. The van der Waals surface area contributed by atoms with E-state index in [2.05, 4.69) is 46.8 Å². The van der Waals surface area contributed by atoms with Crippen LogP contribution in [0.1, 0.15) is 61.4 Å². The van der Waals surface area contributed by atoms with E-state index >= 15 is 0 Å². The minimum atomic E-state index is -0.0723. The lowest BCUT2D eigenvalue weighted by molar-refractivity contribution is 0.00569. The number of fused-ring (bicyclic) bond motifs is 3. The quantitative estimate of drug-likeness (QED) is 0.577. The number of benzene rings is 2. The number of aryl methyl sites for hydroxylation is 2. The minimum Gasteiger partial charge on any atom is -0.374 e. The molecule has 3 aromatic rings. The maximum atomic E-state index is 12.5. The largest absolute Gasteiger partial charge is 0.374 e. The van der Waals surface area contributed by atoms with Gasteiger partial charge >= 0.3 is 0 Å². The highest BCUT2D eigenvalue weighted by Crippen LogP contribution is 2.38. The molecule has 0 bridgehead atoms. The first-order valence-corrected chi connectivity index (χ1v) is 11.3. The van der Waals surface area contributed by atoms with Crippen molar-refractivity contribution >= 4 is 10.9 Å². The van der Waals surface area contributed by atoms with Crippen molar-refractivity contribution in [3.05, 3.63) is 75.8 Å². The molecule has 1 aliphatic carbocycles. The van der Waals surface area contributed by atoms with Gasteiger partial charge in [0.25, 0.3) is 5.56 Å². The van der Waals surface area contributed by atoms with Crippen LogP contribution in [0.2, 0.25) is 0 Å². The average Bonchev–Trinajstić information content (AvgIpc) is 3.17. The van der Waals surface area contributed by atoms with Gasteiger partial charge in [0.1, 0.15) is 5.82 Å². The fourth-order valence-corrected chi connectivity index (χ4v) is 5.26. The van der Waals surface area contributed by atoms with Crippen molar-refractivity contribution < 1.29 is 4.74 Å². The van der Waals surface area contributed by atoms with Crippen LogP contribution in [-0.2, 0) is 17.9 Å². The molecule has 2 aliphatic rings. The molecule has 0 N–H and O–H groups in total. The third-order valence-electron chi connectivity index (χ3n) is 7.00. The Hall–Kier alpha value is -2.46. The number of ether oxygens (including phenoxy) is 1. The number of hydrogen-bond donors (Lipinski definition) is 0. The topological polar surface area (TPSA) is 44.1 Å². The molecule has 0 radical (unpaired) electrons. The lowest BCUT2D eigenvalue weighted by Gasteiger charge is -2.30. The van der Waals surface area contributed by atoms with Crippen molar-refractivity contribution in [1.29, 1.82) is 0 Å². The van der Waals surface area contributed by atoms with Gasteiger partial charge in [0.2, 0.25) is 0 Å². The summed E-state index contributed by atoms with van der Waals surface area (Å²) >= 11 is 0. The zero-order valence-corrected chi connectivity index (χ0v) is 17.7. The van der Waals surface area contributed by atoms with Crippen LogP contribution in [0.5, 0.6) is 0 Å². The van der Waals surface area contributed by atoms with E-state index in [1.165, 1.54) is 24.0 Å². The van der Waals surface area contributed by atoms with Crippen LogP contribution >= 0.6 is 0 Å². The normalized spacial score (nSPS) is 23.6. The summed E-state index contributed by atoms with van der Waals surface area (Å²) in [5.74, 6) is 2.14. The Morgan fingerprint density at radius 2 is 1.77 bits per heavy atom. The molecule has 2 aromatic carbocycles. The molecule has 1 atom stereocenters. The predicted molar refractivity (Wildman–Crippen MR) is 120 cm³/mol. The van der Waals surface area contributed by atoms with E-state index in [0.29, 0.717) is 24.5 Å². The lowest BCUT2D eigenvalue weighted by atomic mass is 9.81. The fourth-order valence-electron chi connectivity index (χ4n) is 5.26. The zero-order chi connectivity index (χ0) is 20.5. The van der Waals surface area contributed by atoms with Crippen LogP contribution in [0.3, 0.4) is 0 Å². The standard InChI is InChI=1S/C26H30N2O2/c1-18-6-8-20(9-7-18)17-30-22-12-10-19(11-13-22)16-21-14-15-28-24-5-3-2-4-23(24)26(29)27-25(21)28/h2-9,19,21-22H,10-17H2,1H3. The molecule has 0 amide bonds. The molecule has 1 saturated carbocycles. The van der Waals surface area contributed by atoms with Gasteiger partial charge in [-0.05, 0) is 69.1 Å². The van der Waals surface area contributed by atoms with Crippen molar-refractivity contribution in [3.8, 4) is 0 Å². The van der Waals surface area contributed by atoms with Crippen LogP contribution in [0, 0.1) is 12.8 Å². The Morgan fingerprint density at radius 1 is 1.00 bits per heavy atom. The van der Waals surface area contributed by atoms with Gasteiger partial charge in [-0.1, -0.05) is 42.0 Å². The Balaban J connectivity index is 1.18. The number of aromatic nitrogens is 2. The van der Waals surface area contributed by atoms with Crippen LogP contribution in [0.4, 0.5) is 0 Å². The van der Waals surface area contributed by atoms with Gasteiger partial charge in [0, 0.05) is 12.5 Å². The van der Waals surface area contributed by atoms with E-state index in [0.717, 1.165) is 49.0 Å². The van der Waals surface area contributed by atoms with Crippen molar-refractivity contribution in [2.75, 3.05) is 0 Å². The zero-order valence-electron chi connectivity index (χ0n) is 17.7. The maximum absolute atomic E-state index is 12.5. The lowest BCUT2D eigenvalue weighted by Crippen LogP contribution is -2.23. The Kier molecular flexibility index (Phi) is 5.43. The molecule has 156 valence electrons. The molecule has 4 heteroatoms. The predicted octanol–water partition coefficient (Wildman–Crippen LogP) is 5.36. The average molecular weight is 403 g/mol. The summed E-state index contributed by atoms with van der Waals surface area (Å²) in [6.07, 6.45) is 7.34. The van der Waals surface area contributed by atoms with Crippen molar-refractivity contribution in [2.24, 2.45) is 5.92 Å². The second-order valence-electron chi connectivity index (χ2n) is 9.10. The molecule has 4 nitrogen and oxygen atoms in total. The summed E-state index contributed by atoms with van der Waals surface area (Å²) in [6.45, 7) is 3.80. The Bertz CT molecular complexity index is 1080. The van der Waals surface area contributed by atoms with Crippen molar-refractivity contribution in [3.63, 3.8) is 0 Å². The summed E-state index contributed by atoms with van der Waals surface area (Å²) in [4.78, 5) is 17.0. The molecular formula is C26H30N2O2. The van der Waals surface area contributed by atoms with Crippen LogP contribution < -0.4 is 5.56 Å².